The second-order valence-corrected chi connectivity index (χ2v) is 5.31. The maximum atomic E-state index is 5.15. The highest BCUT2D eigenvalue weighted by Crippen LogP contribution is 2.35. The zero-order valence-corrected chi connectivity index (χ0v) is 13.0. The first kappa shape index (κ1) is 13.4. The smallest absolute Gasteiger partial charge is 0.118 e. The van der Waals surface area contributed by atoms with Crippen molar-refractivity contribution in [1.29, 1.82) is 0 Å². The minimum absolute atomic E-state index is 0.856. The monoisotopic (exact) mass is 366 g/mol. The summed E-state index contributed by atoms with van der Waals surface area (Å²) in [5.41, 5.74) is 2.24. The number of methoxy groups -OCH3 is 1. The summed E-state index contributed by atoms with van der Waals surface area (Å²) in [5.74, 6) is 0.856. The molecule has 0 saturated heterocycles. The van der Waals surface area contributed by atoms with Crippen LogP contribution in [0.1, 0.15) is 11.1 Å². The van der Waals surface area contributed by atoms with E-state index in [4.69, 9.17) is 4.74 Å². The van der Waals surface area contributed by atoms with Crippen LogP contribution in [0.4, 0.5) is 0 Å². The molecule has 0 atom stereocenters. The second kappa shape index (κ2) is 6.21. The molecule has 3 heteroatoms. The summed E-state index contributed by atoms with van der Waals surface area (Å²) in [4.78, 5) is 0. The van der Waals surface area contributed by atoms with Gasteiger partial charge in [0.1, 0.15) is 5.75 Å². The average Bonchev–Trinajstić information content (AvgIpc) is 2.47. The Morgan fingerprint density at radius 2 is 1.28 bits per heavy atom. The van der Waals surface area contributed by atoms with Crippen molar-refractivity contribution in [2.24, 2.45) is 0 Å². The van der Waals surface area contributed by atoms with Crippen LogP contribution in [-0.4, -0.2) is 7.11 Å². The van der Waals surface area contributed by atoms with E-state index in [9.17, 15) is 0 Å². The second-order valence-electron chi connectivity index (χ2n) is 3.72. The van der Waals surface area contributed by atoms with Gasteiger partial charge in [-0.25, -0.2) is 0 Å². The van der Waals surface area contributed by atoms with E-state index in [1.54, 1.807) is 7.11 Å². The Morgan fingerprint density at radius 3 is 1.78 bits per heavy atom. The van der Waals surface area contributed by atoms with E-state index >= 15 is 0 Å². The highest BCUT2D eigenvalue weighted by molar-refractivity contribution is 9.18. The van der Waals surface area contributed by atoms with Gasteiger partial charge in [-0.2, -0.15) is 0 Å². The van der Waals surface area contributed by atoms with Gasteiger partial charge in [-0.3, -0.25) is 0 Å². The van der Waals surface area contributed by atoms with Gasteiger partial charge in [0, 0.05) is 8.96 Å². The van der Waals surface area contributed by atoms with Gasteiger partial charge in [0.2, 0.25) is 0 Å². The summed E-state index contributed by atoms with van der Waals surface area (Å²) in [6.45, 7) is 0. The summed E-state index contributed by atoms with van der Waals surface area (Å²) in [6, 6.07) is 18.1. The fraction of sp³-hybridized carbons (Fsp3) is 0.0667. The molecule has 0 amide bonds. The third-order valence-corrected chi connectivity index (χ3v) is 4.80. The largest absolute Gasteiger partial charge is 0.497 e. The molecule has 0 aromatic heterocycles. The van der Waals surface area contributed by atoms with Crippen LogP contribution in [0, 0.1) is 0 Å². The van der Waals surface area contributed by atoms with E-state index in [1.807, 2.05) is 42.5 Å². The van der Waals surface area contributed by atoms with Gasteiger partial charge in [-0.1, -0.05) is 42.5 Å². The van der Waals surface area contributed by atoms with Crippen LogP contribution in [0.15, 0.2) is 54.6 Å². The molecule has 0 saturated carbocycles. The Balaban J connectivity index is 2.37. The third-order valence-electron chi connectivity index (χ3n) is 2.56. The molecule has 0 radical (unpaired) electrons. The van der Waals surface area contributed by atoms with Crippen LogP contribution in [0.3, 0.4) is 0 Å². The zero-order chi connectivity index (χ0) is 13.0. The Kier molecular flexibility index (Phi) is 4.61. The van der Waals surface area contributed by atoms with Crippen LogP contribution >= 0.6 is 31.9 Å². The molecule has 2 aromatic rings. The number of ether oxygens (including phenoxy) is 1. The first-order valence-corrected chi connectivity index (χ1v) is 7.06. The lowest BCUT2D eigenvalue weighted by atomic mass is 10.1. The maximum Gasteiger partial charge on any atom is 0.118 e. The molecule has 0 unspecified atom stereocenters. The van der Waals surface area contributed by atoms with Crippen molar-refractivity contribution in [2.75, 3.05) is 7.11 Å². The minimum Gasteiger partial charge on any atom is -0.497 e. The topological polar surface area (TPSA) is 9.23 Å². The van der Waals surface area contributed by atoms with Gasteiger partial charge in [0.15, 0.2) is 0 Å². The Bertz CT molecular complexity index is 544. The highest BCUT2D eigenvalue weighted by atomic mass is 79.9. The van der Waals surface area contributed by atoms with Crippen molar-refractivity contribution in [3.63, 3.8) is 0 Å². The third kappa shape index (κ3) is 3.03. The van der Waals surface area contributed by atoms with Gasteiger partial charge in [-0.15, -0.1) is 0 Å². The SMILES string of the molecule is COc1ccc(/C(Br)=C(\Br)c2ccccc2)cc1. The molecular weight excluding hydrogens is 356 g/mol. The lowest BCUT2D eigenvalue weighted by Crippen LogP contribution is -1.84. The van der Waals surface area contributed by atoms with Crippen molar-refractivity contribution in [3.8, 4) is 5.75 Å². The fourth-order valence-electron chi connectivity index (χ4n) is 1.58. The first-order chi connectivity index (χ1) is 8.72. The van der Waals surface area contributed by atoms with Crippen molar-refractivity contribution in [2.45, 2.75) is 0 Å². The van der Waals surface area contributed by atoms with Crippen LogP contribution in [-0.2, 0) is 0 Å². The number of benzene rings is 2. The molecule has 0 heterocycles. The van der Waals surface area contributed by atoms with Crippen LogP contribution in [0.25, 0.3) is 8.96 Å². The van der Waals surface area contributed by atoms with Crippen LogP contribution < -0.4 is 4.74 Å². The van der Waals surface area contributed by atoms with Crippen molar-refractivity contribution < 1.29 is 4.74 Å². The minimum atomic E-state index is 0.856. The molecule has 0 spiro atoms. The number of halogens is 2. The van der Waals surface area contributed by atoms with Crippen molar-refractivity contribution in [1.82, 2.24) is 0 Å². The Hall–Kier alpha value is -1.06. The quantitative estimate of drug-likeness (QED) is 0.668. The van der Waals surface area contributed by atoms with Crippen LogP contribution in [0.2, 0.25) is 0 Å². The molecule has 92 valence electrons. The summed E-state index contributed by atoms with van der Waals surface area (Å²) < 4.78 is 7.21. The van der Waals surface area contributed by atoms with Gasteiger partial charge in [-0.05, 0) is 55.1 Å². The maximum absolute atomic E-state index is 5.15. The molecule has 1 nitrogen and oxygen atoms in total. The van der Waals surface area contributed by atoms with Gasteiger partial charge >= 0.3 is 0 Å². The summed E-state index contributed by atoms with van der Waals surface area (Å²) in [6.07, 6.45) is 0. The van der Waals surface area contributed by atoms with E-state index in [0.717, 1.165) is 25.8 Å². The Labute approximate surface area is 124 Å². The first-order valence-electron chi connectivity index (χ1n) is 5.47. The molecule has 2 aromatic carbocycles. The molecule has 0 aliphatic carbocycles. The van der Waals surface area contributed by atoms with Gasteiger partial charge in [0.25, 0.3) is 0 Å². The summed E-state index contributed by atoms with van der Waals surface area (Å²) in [5, 5.41) is 0. The highest BCUT2D eigenvalue weighted by Gasteiger charge is 2.06. The molecular formula is C15H12Br2O. The summed E-state index contributed by atoms with van der Waals surface area (Å²) >= 11 is 7.25. The molecule has 2 rings (SSSR count). The molecule has 0 bridgehead atoms. The van der Waals surface area contributed by atoms with Gasteiger partial charge in [0.05, 0.1) is 7.11 Å². The summed E-state index contributed by atoms with van der Waals surface area (Å²) in [7, 11) is 1.67. The average molecular weight is 368 g/mol. The molecule has 0 N–H and O–H groups in total. The van der Waals surface area contributed by atoms with E-state index in [0.29, 0.717) is 0 Å². The van der Waals surface area contributed by atoms with Crippen molar-refractivity contribution >= 4 is 40.8 Å². The van der Waals surface area contributed by atoms with Crippen LogP contribution in [0.5, 0.6) is 5.75 Å². The van der Waals surface area contributed by atoms with E-state index < -0.39 is 0 Å². The van der Waals surface area contributed by atoms with Crippen molar-refractivity contribution in [3.05, 3.63) is 65.7 Å². The Morgan fingerprint density at radius 1 is 0.778 bits per heavy atom. The molecule has 0 aliphatic heterocycles. The fourth-order valence-corrected chi connectivity index (χ4v) is 2.56. The van der Waals surface area contributed by atoms with E-state index in [2.05, 4.69) is 44.0 Å². The molecule has 0 fully saturated rings. The molecule has 0 aliphatic rings. The zero-order valence-electron chi connectivity index (χ0n) is 9.86. The molecule has 18 heavy (non-hydrogen) atoms. The lowest BCUT2D eigenvalue weighted by Gasteiger charge is -2.06. The number of rotatable bonds is 3. The normalized spacial score (nSPS) is 11.9. The number of hydrogen-bond acceptors (Lipinski definition) is 1. The van der Waals surface area contributed by atoms with E-state index in [-0.39, 0.29) is 0 Å². The van der Waals surface area contributed by atoms with E-state index in [1.165, 1.54) is 0 Å². The van der Waals surface area contributed by atoms with Gasteiger partial charge < -0.3 is 4.74 Å². The standard InChI is InChI=1S/C15H12Br2O/c1-18-13-9-7-12(8-10-13)15(17)14(16)11-5-3-2-4-6-11/h2-10H,1H3/b15-14+. The predicted molar refractivity (Wildman–Crippen MR) is 84.1 cm³/mol. The predicted octanol–water partition coefficient (Wildman–Crippen LogP) is 5.31. The lowest BCUT2D eigenvalue weighted by molar-refractivity contribution is 0.415. The number of hydrogen-bond donors (Lipinski definition) is 0.